The van der Waals surface area contributed by atoms with Gasteiger partial charge in [0.1, 0.15) is 10.7 Å². The van der Waals surface area contributed by atoms with E-state index < -0.39 is 15.8 Å². The number of hydrogen-bond donors (Lipinski definition) is 2. The third-order valence-corrected chi connectivity index (χ3v) is 4.16. The molecule has 0 atom stereocenters. The zero-order valence-electron chi connectivity index (χ0n) is 10.7. The quantitative estimate of drug-likeness (QED) is 0.617. The monoisotopic (exact) mass is 274 g/mol. The van der Waals surface area contributed by atoms with Crippen LogP contribution in [-0.4, -0.2) is 15.0 Å². The minimum absolute atomic E-state index is 0.269. The molecule has 0 radical (unpaired) electrons. The van der Waals surface area contributed by atoms with Crippen LogP contribution in [0.3, 0.4) is 0 Å². The number of nitrogens with one attached hydrogen (secondary N) is 1. The van der Waals surface area contributed by atoms with E-state index in [1.54, 1.807) is 6.92 Å². The Labute approximate surface area is 107 Å². The van der Waals surface area contributed by atoms with Crippen molar-refractivity contribution in [3.63, 3.8) is 0 Å². The van der Waals surface area contributed by atoms with Crippen molar-refractivity contribution in [1.82, 2.24) is 4.72 Å². The predicted molar refractivity (Wildman–Crippen MR) is 70.3 cm³/mol. The van der Waals surface area contributed by atoms with Gasteiger partial charge in [-0.05, 0) is 31.0 Å². The molecule has 1 rings (SSSR count). The molecule has 0 saturated carbocycles. The van der Waals surface area contributed by atoms with Crippen molar-refractivity contribution >= 4 is 15.7 Å². The highest BCUT2D eigenvalue weighted by molar-refractivity contribution is 7.89. The number of halogens is 1. The standard InChI is InChI=1S/C12H19FN2O2S/c1-3-4-5-6-15-18(16,17)12-8-11(14)9(2)7-10(12)13/h7-8,15H,3-6,14H2,1-2H3. The van der Waals surface area contributed by atoms with Crippen LogP contribution in [0.25, 0.3) is 0 Å². The smallest absolute Gasteiger partial charge is 0.243 e. The summed E-state index contributed by atoms with van der Waals surface area (Å²) in [5.41, 5.74) is 6.40. The number of aryl methyl sites for hydroxylation is 1. The fraction of sp³-hybridized carbons (Fsp3) is 0.500. The van der Waals surface area contributed by atoms with Crippen molar-refractivity contribution in [2.45, 2.75) is 38.0 Å². The Balaban J connectivity index is 2.88. The molecule has 0 aliphatic carbocycles. The molecular weight excluding hydrogens is 255 g/mol. The van der Waals surface area contributed by atoms with Gasteiger partial charge < -0.3 is 5.73 Å². The molecule has 4 nitrogen and oxygen atoms in total. The van der Waals surface area contributed by atoms with Gasteiger partial charge in [-0.3, -0.25) is 0 Å². The lowest BCUT2D eigenvalue weighted by molar-refractivity contribution is 0.553. The number of nitrogens with two attached hydrogens (primary N) is 1. The van der Waals surface area contributed by atoms with Crippen LogP contribution in [0, 0.1) is 12.7 Å². The van der Waals surface area contributed by atoms with Crippen LogP contribution in [0.1, 0.15) is 31.7 Å². The average Bonchev–Trinajstić information content (AvgIpc) is 2.29. The van der Waals surface area contributed by atoms with Crippen LogP contribution in [0.5, 0.6) is 0 Å². The molecule has 1 aromatic carbocycles. The minimum atomic E-state index is -3.82. The largest absolute Gasteiger partial charge is 0.398 e. The molecule has 1 aromatic rings. The van der Waals surface area contributed by atoms with E-state index in [0.717, 1.165) is 31.4 Å². The maximum Gasteiger partial charge on any atom is 0.243 e. The van der Waals surface area contributed by atoms with Gasteiger partial charge in [0.05, 0.1) is 0 Å². The predicted octanol–water partition coefficient (Wildman–Crippen LogP) is 2.18. The summed E-state index contributed by atoms with van der Waals surface area (Å²) < 4.78 is 39.7. The average molecular weight is 274 g/mol. The Kier molecular flexibility index (Phi) is 5.10. The molecule has 0 aromatic heterocycles. The van der Waals surface area contributed by atoms with E-state index in [9.17, 15) is 12.8 Å². The van der Waals surface area contributed by atoms with Crippen molar-refractivity contribution in [1.29, 1.82) is 0 Å². The maximum absolute atomic E-state index is 13.6. The van der Waals surface area contributed by atoms with E-state index >= 15 is 0 Å². The topological polar surface area (TPSA) is 72.2 Å². The van der Waals surface area contributed by atoms with Crippen molar-refractivity contribution in [3.05, 3.63) is 23.5 Å². The summed E-state index contributed by atoms with van der Waals surface area (Å²) in [6.45, 7) is 3.96. The molecule has 0 amide bonds. The second-order valence-electron chi connectivity index (χ2n) is 4.24. The van der Waals surface area contributed by atoms with E-state index in [-0.39, 0.29) is 10.6 Å². The van der Waals surface area contributed by atoms with Crippen LogP contribution in [0.15, 0.2) is 17.0 Å². The SMILES string of the molecule is CCCCCNS(=O)(=O)c1cc(N)c(C)cc1F. The third kappa shape index (κ3) is 3.68. The zero-order chi connectivity index (χ0) is 13.8. The van der Waals surface area contributed by atoms with Gasteiger partial charge in [-0.25, -0.2) is 17.5 Å². The molecule has 0 heterocycles. The molecule has 18 heavy (non-hydrogen) atoms. The fourth-order valence-corrected chi connectivity index (χ4v) is 2.70. The number of rotatable bonds is 6. The van der Waals surface area contributed by atoms with Crippen LogP contribution in [0.2, 0.25) is 0 Å². The lowest BCUT2D eigenvalue weighted by Gasteiger charge is -2.09. The molecule has 102 valence electrons. The molecule has 0 bridgehead atoms. The number of unbranched alkanes of at least 4 members (excludes halogenated alkanes) is 2. The fourth-order valence-electron chi connectivity index (χ4n) is 1.53. The van der Waals surface area contributed by atoms with Crippen molar-refractivity contribution in [2.24, 2.45) is 0 Å². The van der Waals surface area contributed by atoms with E-state index in [1.165, 1.54) is 0 Å². The highest BCUT2D eigenvalue weighted by Crippen LogP contribution is 2.21. The van der Waals surface area contributed by atoms with Gasteiger partial charge in [-0.1, -0.05) is 19.8 Å². The van der Waals surface area contributed by atoms with Gasteiger partial charge in [-0.15, -0.1) is 0 Å². The first-order valence-electron chi connectivity index (χ1n) is 5.93. The van der Waals surface area contributed by atoms with Gasteiger partial charge >= 0.3 is 0 Å². The molecule has 0 unspecified atom stereocenters. The normalized spacial score (nSPS) is 11.7. The summed E-state index contributed by atoms with van der Waals surface area (Å²) in [5.74, 6) is -0.773. The van der Waals surface area contributed by atoms with Crippen molar-refractivity contribution in [3.8, 4) is 0 Å². The van der Waals surface area contributed by atoms with Gasteiger partial charge in [0, 0.05) is 12.2 Å². The Morgan fingerprint density at radius 2 is 2.00 bits per heavy atom. The Morgan fingerprint density at radius 3 is 2.61 bits per heavy atom. The summed E-state index contributed by atoms with van der Waals surface area (Å²) in [5, 5.41) is 0. The van der Waals surface area contributed by atoms with Crippen LogP contribution in [-0.2, 0) is 10.0 Å². The van der Waals surface area contributed by atoms with Crippen molar-refractivity contribution < 1.29 is 12.8 Å². The lowest BCUT2D eigenvalue weighted by atomic mass is 10.2. The minimum Gasteiger partial charge on any atom is -0.398 e. The highest BCUT2D eigenvalue weighted by atomic mass is 32.2. The second-order valence-corrected chi connectivity index (χ2v) is 5.98. The summed E-state index contributed by atoms with van der Waals surface area (Å²) in [6, 6.07) is 2.29. The zero-order valence-corrected chi connectivity index (χ0v) is 11.5. The number of sulfonamides is 1. The molecule has 3 N–H and O–H groups in total. The van der Waals surface area contributed by atoms with Gasteiger partial charge in [0.2, 0.25) is 10.0 Å². The van der Waals surface area contributed by atoms with E-state index in [1.807, 2.05) is 6.92 Å². The lowest BCUT2D eigenvalue weighted by Crippen LogP contribution is -2.26. The Morgan fingerprint density at radius 1 is 1.33 bits per heavy atom. The third-order valence-electron chi connectivity index (χ3n) is 2.68. The van der Waals surface area contributed by atoms with Gasteiger partial charge in [0.25, 0.3) is 0 Å². The Hall–Kier alpha value is -1.14. The van der Waals surface area contributed by atoms with Crippen molar-refractivity contribution in [2.75, 3.05) is 12.3 Å². The first-order valence-corrected chi connectivity index (χ1v) is 7.42. The summed E-state index contributed by atoms with van der Waals surface area (Å²) in [6.07, 6.45) is 2.66. The Bertz CT molecular complexity index is 515. The number of nitrogen functional groups attached to an aromatic ring is 1. The van der Waals surface area contributed by atoms with E-state index in [0.29, 0.717) is 12.1 Å². The summed E-state index contributed by atoms with van der Waals surface area (Å²) in [4.78, 5) is -0.387. The van der Waals surface area contributed by atoms with E-state index in [4.69, 9.17) is 5.73 Å². The first-order chi connectivity index (χ1) is 8.38. The van der Waals surface area contributed by atoms with Gasteiger partial charge in [0.15, 0.2) is 0 Å². The molecule has 6 heteroatoms. The van der Waals surface area contributed by atoms with Crippen LogP contribution in [0.4, 0.5) is 10.1 Å². The van der Waals surface area contributed by atoms with Crippen LogP contribution < -0.4 is 10.5 Å². The van der Waals surface area contributed by atoms with Gasteiger partial charge in [-0.2, -0.15) is 0 Å². The molecule has 0 saturated heterocycles. The molecule has 0 aliphatic rings. The first kappa shape index (κ1) is 14.9. The number of anilines is 1. The number of hydrogen-bond acceptors (Lipinski definition) is 3. The second kappa shape index (κ2) is 6.15. The van der Waals surface area contributed by atoms with Crippen LogP contribution >= 0.6 is 0 Å². The molecular formula is C12H19FN2O2S. The summed E-state index contributed by atoms with van der Waals surface area (Å²) >= 11 is 0. The highest BCUT2D eigenvalue weighted by Gasteiger charge is 2.19. The van der Waals surface area contributed by atoms with E-state index in [2.05, 4.69) is 4.72 Å². The molecule has 0 spiro atoms. The molecule has 0 fully saturated rings. The maximum atomic E-state index is 13.6. The number of benzene rings is 1. The molecule has 0 aliphatic heterocycles. The summed E-state index contributed by atoms with van der Waals surface area (Å²) in [7, 11) is -3.82.